The van der Waals surface area contributed by atoms with E-state index >= 15 is 0 Å². The number of methoxy groups -OCH3 is 1. The minimum absolute atomic E-state index is 0.0566. The summed E-state index contributed by atoms with van der Waals surface area (Å²) in [6, 6.07) is 5.16. The molecule has 0 saturated carbocycles. The van der Waals surface area contributed by atoms with Gasteiger partial charge in [-0.25, -0.2) is 4.79 Å². The fourth-order valence-corrected chi connectivity index (χ4v) is 1.71. The van der Waals surface area contributed by atoms with Gasteiger partial charge >= 0.3 is 6.03 Å². The van der Waals surface area contributed by atoms with E-state index in [0.717, 1.165) is 12.0 Å². The van der Waals surface area contributed by atoms with Crippen LogP contribution in [0.25, 0.3) is 0 Å². The molecular weight excluding hydrogens is 282 g/mol. The first-order chi connectivity index (χ1) is 10.4. The van der Waals surface area contributed by atoms with Gasteiger partial charge in [0.15, 0.2) is 0 Å². The van der Waals surface area contributed by atoms with Crippen LogP contribution in [0.3, 0.4) is 0 Å². The summed E-state index contributed by atoms with van der Waals surface area (Å²) in [5.74, 6) is -0.152. The zero-order chi connectivity index (χ0) is 16.5. The van der Waals surface area contributed by atoms with Gasteiger partial charge in [-0.05, 0) is 31.0 Å². The van der Waals surface area contributed by atoms with E-state index in [2.05, 4.69) is 16.0 Å². The van der Waals surface area contributed by atoms with Crippen molar-refractivity contribution in [3.63, 3.8) is 0 Å². The second kappa shape index (κ2) is 9.04. The van der Waals surface area contributed by atoms with E-state index in [1.54, 1.807) is 13.2 Å². The lowest BCUT2D eigenvalue weighted by Crippen LogP contribution is -2.30. The fraction of sp³-hybridized carbons (Fsp3) is 0.500. The van der Waals surface area contributed by atoms with E-state index in [0.29, 0.717) is 24.5 Å². The van der Waals surface area contributed by atoms with Crippen LogP contribution in [-0.2, 0) is 9.53 Å². The van der Waals surface area contributed by atoms with Crippen molar-refractivity contribution in [2.24, 2.45) is 5.92 Å². The third-order valence-corrected chi connectivity index (χ3v) is 3.09. The highest BCUT2D eigenvalue weighted by Crippen LogP contribution is 2.20. The molecule has 0 radical (unpaired) electrons. The standard InChI is InChI=1S/C16H25N3O3/c1-11(2)15(20)18-13-7-6-12(3)14(10-13)19-16(21)17-8-5-9-22-4/h6-7,10-11H,5,8-9H2,1-4H3,(H,18,20)(H2,17,19,21). The lowest BCUT2D eigenvalue weighted by atomic mass is 10.1. The monoisotopic (exact) mass is 307 g/mol. The number of rotatable bonds is 7. The number of amides is 3. The summed E-state index contributed by atoms with van der Waals surface area (Å²) >= 11 is 0. The SMILES string of the molecule is COCCCNC(=O)Nc1cc(NC(=O)C(C)C)ccc1C. The van der Waals surface area contributed by atoms with E-state index in [-0.39, 0.29) is 17.9 Å². The van der Waals surface area contributed by atoms with Gasteiger partial charge in [0.25, 0.3) is 0 Å². The average molecular weight is 307 g/mol. The third kappa shape index (κ3) is 6.13. The first kappa shape index (κ1) is 18.0. The van der Waals surface area contributed by atoms with Crippen LogP contribution in [0.15, 0.2) is 18.2 Å². The first-order valence-corrected chi connectivity index (χ1v) is 7.39. The Balaban J connectivity index is 2.62. The van der Waals surface area contributed by atoms with E-state index in [1.165, 1.54) is 0 Å². The van der Waals surface area contributed by atoms with Crippen LogP contribution >= 0.6 is 0 Å². The van der Waals surface area contributed by atoms with Crippen molar-refractivity contribution < 1.29 is 14.3 Å². The average Bonchev–Trinajstić information content (AvgIpc) is 2.47. The number of anilines is 2. The lowest BCUT2D eigenvalue weighted by Gasteiger charge is -2.13. The molecule has 0 fully saturated rings. The molecule has 0 aliphatic carbocycles. The first-order valence-electron chi connectivity index (χ1n) is 7.39. The molecule has 0 unspecified atom stereocenters. The molecule has 0 saturated heterocycles. The number of benzene rings is 1. The minimum atomic E-state index is -0.272. The predicted molar refractivity (Wildman–Crippen MR) is 88.2 cm³/mol. The Morgan fingerprint density at radius 3 is 2.59 bits per heavy atom. The van der Waals surface area contributed by atoms with Crippen molar-refractivity contribution in [1.29, 1.82) is 0 Å². The molecule has 0 aliphatic rings. The van der Waals surface area contributed by atoms with Gasteiger partial charge in [0.05, 0.1) is 0 Å². The van der Waals surface area contributed by atoms with Crippen molar-refractivity contribution in [3.8, 4) is 0 Å². The molecule has 0 bridgehead atoms. The van der Waals surface area contributed by atoms with Crippen LogP contribution in [0.5, 0.6) is 0 Å². The Labute approximate surface area is 131 Å². The number of carbonyl (C=O) groups excluding carboxylic acids is 2. The van der Waals surface area contributed by atoms with Gasteiger partial charge < -0.3 is 20.7 Å². The molecular formula is C16H25N3O3. The second-order valence-corrected chi connectivity index (χ2v) is 5.40. The zero-order valence-corrected chi connectivity index (χ0v) is 13.7. The maximum absolute atomic E-state index is 11.8. The molecule has 1 rings (SSSR count). The van der Waals surface area contributed by atoms with Crippen molar-refractivity contribution in [2.75, 3.05) is 30.9 Å². The molecule has 1 aromatic rings. The zero-order valence-electron chi connectivity index (χ0n) is 13.7. The van der Waals surface area contributed by atoms with Gasteiger partial charge in [0.1, 0.15) is 0 Å². The number of aryl methyl sites for hydroxylation is 1. The van der Waals surface area contributed by atoms with Gasteiger partial charge in [0.2, 0.25) is 5.91 Å². The van der Waals surface area contributed by atoms with Gasteiger partial charge in [-0.3, -0.25) is 4.79 Å². The summed E-state index contributed by atoms with van der Waals surface area (Å²) in [4.78, 5) is 23.5. The Morgan fingerprint density at radius 1 is 1.23 bits per heavy atom. The molecule has 0 atom stereocenters. The topological polar surface area (TPSA) is 79.5 Å². The molecule has 3 amide bonds. The van der Waals surface area contributed by atoms with Crippen molar-refractivity contribution >= 4 is 23.3 Å². The fourth-order valence-electron chi connectivity index (χ4n) is 1.71. The smallest absolute Gasteiger partial charge is 0.319 e. The minimum Gasteiger partial charge on any atom is -0.385 e. The molecule has 6 heteroatoms. The van der Waals surface area contributed by atoms with Crippen LogP contribution < -0.4 is 16.0 Å². The Hall–Kier alpha value is -2.08. The van der Waals surface area contributed by atoms with Gasteiger partial charge in [-0.2, -0.15) is 0 Å². The van der Waals surface area contributed by atoms with Crippen molar-refractivity contribution in [1.82, 2.24) is 5.32 Å². The van der Waals surface area contributed by atoms with Crippen LogP contribution in [0.2, 0.25) is 0 Å². The Kier molecular flexibility index (Phi) is 7.39. The maximum atomic E-state index is 11.8. The van der Waals surface area contributed by atoms with Crippen LogP contribution in [0.4, 0.5) is 16.2 Å². The number of nitrogens with one attached hydrogen (secondary N) is 3. The summed E-state index contributed by atoms with van der Waals surface area (Å²) in [5, 5.41) is 8.36. The summed E-state index contributed by atoms with van der Waals surface area (Å²) in [6.07, 6.45) is 0.757. The highest BCUT2D eigenvalue weighted by molar-refractivity contribution is 5.94. The molecule has 0 aromatic heterocycles. The molecule has 1 aromatic carbocycles. The number of hydrogen-bond donors (Lipinski definition) is 3. The molecule has 3 N–H and O–H groups in total. The number of urea groups is 1. The van der Waals surface area contributed by atoms with E-state index in [4.69, 9.17) is 4.74 Å². The normalized spacial score (nSPS) is 10.4. The highest BCUT2D eigenvalue weighted by Gasteiger charge is 2.09. The van der Waals surface area contributed by atoms with Crippen LogP contribution in [0.1, 0.15) is 25.8 Å². The molecule has 0 aliphatic heterocycles. The number of carbonyl (C=O) groups is 2. The summed E-state index contributed by atoms with van der Waals surface area (Å²) in [7, 11) is 1.63. The lowest BCUT2D eigenvalue weighted by molar-refractivity contribution is -0.118. The van der Waals surface area contributed by atoms with Gasteiger partial charge in [0, 0.05) is 37.6 Å². The molecule has 0 heterocycles. The third-order valence-electron chi connectivity index (χ3n) is 3.09. The Morgan fingerprint density at radius 2 is 1.95 bits per heavy atom. The Bertz CT molecular complexity index is 515. The molecule has 122 valence electrons. The maximum Gasteiger partial charge on any atom is 0.319 e. The van der Waals surface area contributed by atoms with E-state index in [9.17, 15) is 9.59 Å². The summed E-state index contributed by atoms with van der Waals surface area (Å²) in [5.41, 5.74) is 2.26. The quantitative estimate of drug-likeness (QED) is 0.678. The predicted octanol–water partition coefficient (Wildman–Crippen LogP) is 2.75. The summed E-state index contributed by atoms with van der Waals surface area (Å²) < 4.78 is 4.92. The highest BCUT2D eigenvalue weighted by atomic mass is 16.5. The van der Waals surface area contributed by atoms with Crippen LogP contribution in [-0.4, -0.2) is 32.2 Å². The van der Waals surface area contributed by atoms with Crippen molar-refractivity contribution in [2.45, 2.75) is 27.2 Å². The van der Waals surface area contributed by atoms with Gasteiger partial charge in [-0.1, -0.05) is 19.9 Å². The van der Waals surface area contributed by atoms with E-state index < -0.39 is 0 Å². The molecule has 22 heavy (non-hydrogen) atoms. The molecule has 6 nitrogen and oxygen atoms in total. The van der Waals surface area contributed by atoms with E-state index in [1.807, 2.05) is 32.9 Å². The van der Waals surface area contributed by atoms with Crippen LogP contribution in [0, 0.1) is 12.8 Å². The van der Waals surface area contributed by atoms with Gasteiger partial charge in [-0.15, -0.1) is 0 Å². The van der Waals surface area contributed by atoms with Crippen molar-refractivity contribution in [3.05, 3.63) is 23.8 Å². The largest absolute Gasteiger partial charge is 0.385 e. The molecule has 0 spiro atoms. The number of ether oxygens (including phenoxy) is 1. The summed E-state index contributed by atoms with van der Waals surface area (Å²) in [6.45, 7) is 6.71. The number of hydrogen-bond acceptors (Lipinski definition) is 3. The second-order valence-electron chi connectivity index (χ2n) is 5.40.